The minimum atomic E-state index is -0.724. The van der Waals surface area contributed by atoms with Gasteiger partial charge in [0, 0.05) is 6.54 Å². The molecule has 0 spiro atoms. The summed E-state index contributed by atoms with van der Waals surface area (Å²) in [5, 5.41) is 2.84. The van der Waals surface area contributed by atoms with Crippen LogP contribution in [-0.4, -0.2) is 32.2 Å². The third-order valence-corrected chi connectivity index (χ3v) is 3.85. The van der Waals surface area contributed by atoms with Crippen LogP contribution in [0.3, 0.4) is 0 Å². The van der Waals surface area contributed by atoms with E-state index in [1.165, 1.54) is 25.8 Å². The maximum Gasteiger partial charge on any atom is 0.337 e. The zero-order valence-electron chi connectivity index (χ0n) is 15.4. The molecule has 0 saturated heterocycles. The highest BCUT2D eigenvalue weighted by atomic mass is 16.5. The van der Waals surface area contributed by atoms with Crippen molar-refractivity contribution in [2.75, 3.05) is 14.2 Å². The first-order chi connectivity index (χ1) is 12.4. The average molecular weight is 357 g/mol. The summed E-state index contributed by atoms with van der Waals surface area (Å²) >= 11 is 0. The second-order valence-corrected chi connectivity index (χ2v) is 5.82. The van der Waals surface area contributed by atoms with Gasteiger partial charge in [-0.05, 0) is 37.6 Å². The van der Waals surface area contributed by atoms with Crippen molar-refractivity contribution in [3.63, 3.8) is 0 Å². The van der Waals surface area contributed by atoms with Crippen molar-refractivity contribution >= 4 is 11.9 Å². The highest BCUT2D eigenvalue weighted by molar-refractivity contribution is 5.90. The van der Waals surface area contributed by atoms with E-state index in [9.17, 15) is 9.59 Å². The number of carbonyl (C=O) groups is 2. The van der Waals surface area contributed by atoms with E-state index in [0.717, 1.165) is 5.56 Å². The number of benzene rings is 2. The van der Waals surface area contributed by atoms with E-state index < -0.39 is 12.1 Å². The molecular formula is C20H23NO5. The van der Waals surface area contributed by atoms with Gasteiger partial charge in [0.15, 0.2) is 17.6 Å². The Morgan fingerprint density at radius 2 is 1.73 bits per heavy atom. The number of methoxy groups -OCH3 is 2. The molecule has 0 radical (unpaired) electrons. The van der Waals surface area contributed by atoms with E-state index in [4.69, 9.17) is 9.47 Å². The molecule has 0 saturated carbocycles. The smallest absolute Gasteiger partial charge is 0.337 e. The maximum atomic E-state index is 12.3. The fraction of sp³-hybridized carbons (Fsp3) is 0.300. The Morgan fingerprint density at radius 3 is 2.35 bits per heavy atom. The number of hydrogen-bond donors (Lipinski definition) is 1. The Kier molecular flexibility index (Phi) is 6.60. The third kappa shape index (κ3) is 4.99. The minimum Gasteiger partial charge on any atom is -0.493 e. The number of esters is 1. The third-order valence-electron chi connectivity index (χ3n) is 3.85. The number of amides is 1. The molecule has 0 bridgehead atoms. The Labute approximate surface area is 153 Å². The number of hydrogen-bond acceptors (Lipinski definition) is 5. The van der Waals surface area contributed by atoms with Crippen LogP contribution in [0.2, 0.25) is 0 Å². The Hall–Kier alpha value is -3.02. The molecule has 1 atom stereocenters. The molecule has 0 fully saturated rings. The lowest BCUT2D eigenvalue weighted by molar-refractivity contribution is -0.127. The van der Waals surface area contributed by atoms with Crippen LogP contribution in [0, 0.1) is 6.92 Å². The molecule has 0 heterocycles. The molecule has 26 heavy (non-hydrogen) atoms. The summed E-state index contributed by atoms with van der Waals surface area (Å²) in [7, 11) is 2.77. The van der Waals surface area contributed by atoms with E-state index in [-0.39, 0.29) is 5.91 Å². The van der Waals surface area contributed by atoms with Crippen LogP contribution in [0.4, 0.5) is 0 Å². The van der Waals surface area contributed by atoms with E-state index >= 15 is 0 Å². The first kappa shape index (κ1) is 19.3. The van der Waals surface area contributed by atoms with E-state index in [2.05, 4.69) is 10.1 Å². The summed E-state index contributed by atoms with van der Waals surface area (Å²) < 4.78 is 15.6. The summed E-state index contributed by atoms with van der Waals surface area (Å²) in [4.78, 5) is 23.8. The molecule has 6 nitrogen and oxygen atoms in total. The van der Waals surface area contributed by atoms with Gasteiger partial charge < -0.3 is 19.5 Å². The van der Waals surface area contributed by atoms with E-state index in [1.54, 1.807) is 19.1 Å². The first-order valence-corrected chi connectivity index (χ1v) is 8.21. The van der Waals surface area contributed by atoms with Crippen LogP contribution in [-0.2, 0) is 16.1 Å². The van der Waals surface area contributed by atoms with Gasteiger partial charge in [-0.25, -0.2) is 4.79 Å². The quantitative estimate of drug-likeness (QED) is 0.772. The van der Waals surface area contributed by atoms with Gasteiger partial charge in [0.2, 0.25) is 0 Å². The normalized spacial score (nSPS) is 11.4. The number of aryl methyl sites for hydroxylation is 1. The molecule has 6 heteroatoms. The molecule has 0 aliphatic heterocycles. The molecule has 0 aliphatic rings. The fourth-order valence-corrected chi connectivity index (χ4v) is 2.29. The zero-order chi connectivity index (χ0) is 19.1. The zero-order valence-corrected chi connectivity index (χ0v) is 15.4. The number of rotatable bonds is 7. The SMILES string of the molecule is COC(=O)c1ccc(O[C@H](C)C(=O)NCc2ccc(C)cc2)c(OC)c1. The first-order valence-electron chi connectivity index (χ1n) is 8.21. The molecule has 0 aromatic heterocycles. The van der Waals surface area contributed by atoms with Crippen molar-refractivity contribution in [3.8, 4) is 11.5 Å². The molecule has 2 rings (SSSR count). The number of ether oxygens (including phenoxy) is 3. The van der Waals surface area contributed by atoms with Gasteiger partial charge in [-0.1, -0.05) is 29.8 Å². The minimum absolute atomic E-state index is 0.246. The van der Waals surface area contributed by atoms with E-state index in [0.29, 0.717) is 23.6 Å². The van der Waals surface area contributed by atoms with Crippen molar-refractivity contribution < 1.29 is 23.8 Å². The molecule has 1 amide bonds. The van der Waals surface area contributed by atoms with Gasteiger partial charge in [0.1, 0.15) is 0 Å². The molecule has 138 valence electrons. The fourth-order valence-electron chi connectivity index (χ4n) is 2.29. The van der Waals surface area contributed by atoms with Crippen molar-refractivity contribution in [1.82, 2.24) is 5.32 Å². The van der Waals surface area contributed by atoms with Crippen molar-refractivity contribution in [3.05, 3.63) is 59.2 Å². The largest absolute Gasteiger partial charge is 0.493 e. The van der Waals surface area contributed by atoms with Crippen molar-refractivity contribution in [2.24, 2.45) is 0 Å². The van der Waals surface area contributed by atoms with Gasteiger partial charge in [-0.15, -0.1) is 0 Å². The Morgan fingerprint density at radius 1 is 1.04 bits per heavy atom. The summed E-state index contributed by atoms with van der Waals surface area (Å²) in [6, 6.07) is 12.6. The number of nitrogens with one attached hydrogen (secondary N) is 1. The highest BCUT2D eigenvalue weighted by Gasteiger charge is 2.18. The monoisotopic (exact) mass is 357 g/mol. The predicted molar refractivity (Wildman–Crippen MR) is 97.4 cm³/mol. The van der Waals surface area contributed by atoms with Gasteiger partial charge in [0.05, 0.1) is 19.8 Å². The molecule has 0 unspecified atom stereocenters. The van der Waals surface area contributed by atoms with Gasteiger partial charge in [0.25, 0.3) is 5.91 Å². The van der Waals surface area contributed by atoms with Crippen LogP contribution in [0.5, 0.6) is 11.5 Å². The molecule has 1 N–H and O–H groups in total. The molecular weight excluding hydrogens is 334 g/mol. The number of carbonyl (C=O) groups excluding carboxylic acids is 2. The van der Waals surface area contributed by atoms with Crippen molar-refractivity contribution in [1.29, 1.82) is 0 Å². The summed E-state index contributed by atoms with van der Waals surface area (Å²) in [5.74, 6) is 0.00707. The average Bonchev–Trinajstić information content (AvgIpc) is 2.66. The van der Waals surface area contributed by atoms with Crippen LogP contribution in [0.25, 0.3) is 0 Å². The summed E-state index contributed by atoms with van der Waals surface area (Å²) in [6.45, 7) is 4.08. The Balaban J connectivity index is 1.99. The maximum absolute atomic E-state index is 12.3. The molecule has 2 aromatic carbocycles. The Bertz CT molecular complexity index is 770. The van der Waals surface area contributed by atoms with Crippen molar-refractivity contribution in [2.45, 2.75) is 26.5 Å². The van der Waals surface area contributed by atoms with Crippen LogP contribution in [0.1, 0.15) is 28.4 Å². The van der Waals surface area contributed by atoms with Gasteiger partial charge in [-0.2, -0.15) is 0 Å². The summed E-state index contributed by atoms with van der Waals surface area (Å²) in [5.41, 5.74) is 2.52. The van der Waals surface area contributed by atoms with Crippen LogP contribution >= 0.6 is 0 Å². The predicted octanol–water partition coefficient (Wildman–Crippen LogP) is 2.87. The van der Waals surface area contributed by atoms with Gasteiger partial charge >= 0.3 is 5.97 Å². The lowest BCUT2D eigenvalue weighted by atomic mass is 10.1. The topological polar surface area (TPSA) is 73.9 Å². The lowest BCUT2D eigenvalue weighted by Crippen LogP contribution is -2.36. The summed E-state index contributed by atoms with van der Waals surface area (Å²) in [6.07, 6.45) is -0.724. The molecule has 2 aromatic rings. The second kappa shape index (κ2) is 8.89. The standard InChI is InChI=1S/C20H23NO5/c1-13-5-7-15(8-6-13)12-21-19(22)14(2)26-17-10-9-16(20(23)25-4)11-18(17)24-3/h5-11,14H,12H2,1-4H3,(H,21,22)/t14-/m1/s1. The van der Waals surface area contributed by atoms with Crippen LogP contribution < -0.4 is 14.8 Å². The van der Waals surface area contributed by atoms with Gasteiger partial charge in [-0.3, -0.25) is 4.79 Å². The van der Waals surface area contributed by atoms with Crippen LogP contribution in [0.15, 0.2) is 42.5 Å². The second-order valence-electron chi connectivity index (χ2n) is 5.82. The lowest BCUT2D eigenvalue weighted by Gasteiger charge is -2.17. The highest BCUT2D eigenvalue weighted by Crippen LogP contribution is 2.29. The van der Waals surface area contributed by atoms with E-state index in [1.807, 2.05) is 31.2 Å². The molecule has 0 aliphatic carbocycles.